The van der Waals surface area contributed by atoms with Crippen molar-refractivity contribution in [3.05, 3.63) is 35.6 Å². The maximum atomic E-state index is 12.8. The van der Waals surface area contributed by atoms with Gasteiger partial charge in [0.1, 0.15) is 5.82 Å². The van der Waals surface area contributed by atoms with Crippen molar-refractivity contribution in [1.82, 2.24) is 10.2 Å². The number of aliphatic hydroxyl groups is 1. The van der Waals surface area contributed by atoms with Crippen LogP contribution in [0, 0.1) is 11.7 Å². The summed E-state index contributed by atoms with van der Waals surface area (Å²) in [6, 6.07) is 6.12. The number of hydrogen-bond acceptors (Lipinski definition) is 3. The van der Waals surface area contributed by atoms with Crippen molar-refractivity contribution < 1.29 is 9.50 Å². The van der Waals surface area contributed by atoms with Crippen molar-refractivity contribution in [1.29, 1.82) is 0 Å². The van der Waals surface area contributed by atoms with Gasteiger partial charge < -0.3 is 15.3 Å². The van der Waals surface area contributed by atoms with Gasteiger partial charge in [-0.3, -0.25) is 0 Å². The third-order valence-corrected chi connectivity index (χ3v) is 3.51. The normalized spacial score (nSPS) is 20.6. The van der Waals surface area contributed by atoms with Crippen LogP contribution in [0.3, 0.4) is 0 Å². The maximum Gasteiger partial charge on any atom is 0.123 e. The van der Waals surface area contributed by atoms with Crippen LogP contribution in [-0.2, 0) is 0 Å². The van der Waals surface area contributed by atoms with Crippen molar-refractivity contribution in [3.8, 4) is 0 Å². The Hall–Kier alpha value is -0.970. The minimum atomic E-state index is -0.527. The minimum Gasteiger partial charge on any atom is -0.388 e. The second-order valence-electron chi connectivity index (χ2n) is 5.02. The smallest absolute Gasteiger partial charge is 0.123 e. The summed E-state index contributed by atoms with van der Waals surface area (Å²) in [6.07, 6.45) is -0.527. The van der Waals surface area contributed by atoms with E-state index in [4.69, 9.17) is 0 Å². The van der Waals surface area contributed by atoms with Gasteiger partial charge in [0.2, 0.25) is 0 Å². The largest absolute Gasteiger partial charge is 0.388 e. The first-order valence-corrected chi connectivity index (χ1v) is 6.53. The molecule has 0 spiro atoms. The predicted octanol–water partition coefficient (Wildman–Crippen LogP) is 1.40. The first kappa shape index (κ1) is 13.5. The van der Waals surface area contributed by atoms with Gasteiger partial charge in [-0.1, -0.05) is 19.1 Å². The van der Waals surface area contributed by atoms with Crippen LogP contribution in [0.1, 0.15) is 18.6 Å². The Morgan fingerprint density at radius 2 is 1.89 bits per heavy atom. The van der Waals surface area contributed by atoms with Crippen LogP contribution in [0.25, 0.3) is 0 Å². The Labute approximate surface area is 108 Å². The molecule has 1 fully saturated rings. The highest BCUT2D eigenvalue weighted by molar-refractivity contribution is 5.19. The molecule has 2 atom stereocenters. The highest BCUT2D eigenvalue weighted by Gasteiger charge is 2.20. The molecule has 100 valence electrons. The molecule has 1 heterocycles. The predicted molar refractivity (Wildman–Crippen MR) is 69.8 cm³/mol. The van der Waals surface area contributed by atoms with E-state index in [9.17, 15) is 9.50 Å². The zero-order valence-electron chi connectivity index (χ0n) is 10.8. The highest BCUT2D eigenvalue weighted by atomic mass is 19.1. The molecule has 1 aromatic rings. The van der Waals surface area contributed by atoms with E-state index >= 15 is 0 Å². The van der Waals surface area contributed by atoms with Gasteiger partial charge in [0.05, 0.1) is 6.10 Å². The van der Waals surface area contributed by atoms with E-state index < -0.39 is 6.10 Å². The van der Waals surface area contributed by atoms with E-state index in [1.165, 1.54) is 12.1 Å². The summed E-state index contributed by atoms with van der Waals surface area (Å²) in [4.78, 5) is 2.36. The standard InChI is InChI=1S/C14H21FN2O/c1-11(10-17-8-6-16-7-9-17)14(18)12-2-4-13(15)5-3-12/h2-5,11,14,16,18H,6-10H2,1H3. The molecule has 1 aliphatic rings. The summed E-state index contributed by atoms with van der Waals surface area (Å²) in [7, 11) is 0. The Bertz CT molecular complexity index is 363. The maximum absolute atomic E-state index is 12.8. The Kier molecular flexibility index (Phi) is 4.69. The average molecular weight is 252 g/mol. The molecule has 0 saturated carbocycles. The lowest BCUT2D eigenvalue weighted by molar-refractivity contribution is 0.0842. The van der Waals surface area contributed by atoms with Crippen LogP contribution in [0.4, 0.5) is 4.39 Å². The van der Waals surface area contributed by atoms with Crippen molar-refractivity contribution in [2.24, 2.45) is 5.92 Å². The molecular weight excluding hydrogens is 231 g/mol. The molecule has 3 nitrogen and oxygen atoms in total. The van der Waals surface area contributed by atoms with Crippen LogP contribution in [0.2, 0.25) is 0 Å². The van der Waals surface area contributed by atoms with Gasteiger partial charge >= 0.3 is 0 Å². The Morgan fingerprint density at radius 3 is 2.50 bits per heavy atom. The van der Waals surface area contributed by atoms with Crippen LogP contribution >= 0.6 is 0 Å². The van der Waals surface area contributed by atoms with E-state index in [1.807, 2.05) is 6.92 Å². The Balaban J connectivity index is 1.91. The molecule has 18 heavy (non-hydrogen) atoms. The van der Waals surface area contributed by atoms with Gasteiger partial charge in [0.25, 0.3) is 0 Å². The summed E-state index contributed by atoms with van der Waals surface area (Å²) in [5.41, 5.74) is 0.791. The lowest BCUT2D eigenvalue weighted by atomic mass is 9.96. The quantitative estimate of drug-likeness (QED) is 0.850. The lowest BCUT2D eigenvalue weighted by Crippen LogP contribution is -2.45. The summed E-state index contributed by atoms with van der Waals surface area (Å²) in [5, 5.41) is 13.6. The van der Waals surface area contributed by atoms with Gasteiger partial charge in [-0.2, -0.15) is 0 Å². The summed E-state index contributed by atoms with van der Waals surface area (Å²) < 4.78 is 12.8. The molecule has 0 bridgehead atoms. The minimum absolute atomic E-state index is 0.147. The molecule has 1 aliphatic heterocycles. The van der Waals surface area contributed by atoms with Gasteiger partial charge in [-0.25, -0.2) is 4.39 Å². The van der Waals surface area contributed by atoms with E-state index in [2.05, 4.69) is 10.2 Å². The molecule has 2 rings (SSSR count). The first-order valence-electron chi connectivity index (χ1n) is 6.53. The summed E-state index contributed by atoms with van der Waals surface area (Å²) in [5.74, 6) is -0.116. The third kappa shape index (κ3) is 3.51. The fourth-order valence-corrected chi connectivity index (χ4v) is 2.39. The van der Waals surface area contributed by atoms with Crippen molar-refractivity contribution in [2.45, 2.75) is 13.0 Å². The number of piperazine rings is 1. The van der Waals surface area contributed by atoms with Crippen LogP contribution in [0.5, 0.6) is 0 Å². The lowest BCUT2D eigenvalue weighted by Gasteiger charge is -2.31. The fourth-order valence-electron chi connectivity index (χ4n) is 2.39. The zero-order chi connectivity index (χ0) is 13.0. The SMILES string of the molecule is CC(CN1CCNCC1)C(O)c1ccc(F)cc1. The van der Waals surface area contributed by atoms with Crippen LogP contribution in [0.15, 0.2) is 24.3 Å². The highest BCUT2D eigenvalue weighted by Crippen LogP contribution is 2.22. The Morgan fingerprint density at radius 1 is 1.28 bits per heavy atom. The van der Waals surface area contributed by atoms with Crippen molar-refractivity contribution in [2.75, 3.05) is 32.7 Å². The molecule has 0 aromatic heterocycles. The second kappa shape index (κ2) is 6.27. The average Bonchev–Trinajstić information content (AvgIpc) is 2.40. The molecular formula is C14H21FN2O. The second-order valence-corrected chi connectivity index (χ2v) is 5.02. The van der Waals surface area contributed by atoms with Crippen LogP contribution in [-0.4, -0.2) is 42.7 Å². The van der Waals surface area contributed by atoms with Gasteiger partial charge in [0.15, 0.2) is 0 Å². The number of nitrogens with one attached hydrogen (secondary N) is 1. The number of benzene rings is 1. The molecule has 0 amide bonds. The molecule has 2 unspecified atom stereocenters. The third-order valence-electron chi connectivity index (χ3n) is 3.51. The first-order chi connectivity index (χ1) is 8.66. The van der Waals surface area contributed by atoms with Gasteiger partial charge in [-0.15, -0.1) is 0 Å². The van der Waals surface area contributed by atoms with E-state index in [1.54, 1.807) is 12.1 Å². The monoisotopic (exact) mass is 252 g/mol. The van der Waals surface area contributed by atoms with Crippen LogP contribution < -0.4 is 5.32 Å². The number of hydrogen-bond donors (Lipinski definition) is 2. The fraction of sp³-hybridized carbons (Fsp3) is 0.571. The number of aliphatic hydroxyl groups excluding tert-OH is 1. The van der Waals surface area contributed by atoms with Gasteiger partial charge in [0, 0.05) is 32.7 Å². The molecule has 0 radical (unpaired) electrons. The molecule has 1 saturated heterocycles. The van der Waals surface area contributed by atoms with E-state index in [0.717, 1.165) is 38.3 Å². The zero-order valence-corrected chi connectivity index (χ0v) is 10.8. The van der Waals surface area contributed by atoms with E-state index in [-0.39, 0.29) is 11.7 Å². The van der Waals surface area contributed by atoms with E-state index in [0.29, 0.717) is 0 Å². The van der Waals surface area contributed by atoms with Gasteiger partial charge in [-0.05, 0) is 23.6 Å². The van der Waals surface area contributed by atoms with Crippen molar-refractivity contribution >= 4 is 0 Å². The molecule has 1 aromatic carbocycles. The number of nitrogens with zero attached hydrogens (tertiary/aromatic N) is 1. The summed E-state index contributed by atoms with van der Waals surface area (Å²) >= 11 is 0. The van der Waals surface area contributed by atoms with Crippen molar-refractivity contribution in [3.63, 3.8) is 0 Å². The summed E-state index contributed by atoms with van der Waals surface area (Å²) in [6.45, 7) is 7.00. The topological polar surface area (TPSA) is 35.5 Å². The number of halogens is 1. The molecule has 2 N–H and O–H groups in total. The molecule has 0 aliphatic carbocycles. The number of rotatable bonds is 4. The molecule has 4 heteroatoms.